The topological polar surface area (TPSA) is 55.2 Å². The first kappa shape index (κ1) is 10.5. The third kappa shape index (κ3) is 4.24. The Morgan fingerprint density at radius 3 is 3.08 bits per heavy atom. The van der Waals surface area contributed by atoms with E-state index in [0.717, 1.165) is 25.9 Å². The zero-order chi connectivity index (χ0) is 9.52. The molecular formula is C9H18N3O. The molecule has 1 aliphatic rings. The van der Waals surface area contributed by atoms with Crippen molar-refractivity contribution in [3.63, 3.8) is 0 Å². The number of carbonyl (C=O) groups is 1. The standard InChI is InChI=1S/C9H18N3O/c1-2-11-9(13)7-12-8-4-3-5-10-6-8/h8,12H,2-7H2,1H3,(H,11,13). The summed E-state index contributed by atoms with van der Waals surface area (Å²) in [6.07, 6.45) is 2.29. The van der Waals surface area contributed by atoms with Crippen molar-refractivity contribution >= 4 is 5.91 Å². The molecule has 2 N–H and O–H groups in total. The van der Waals surface area contributed by atoms with Crippen molar-refractivity contribution in [1.82, 2.24) is 16.0 Å². The lowest BCUT2D eigenvalue weighted by Gasteiger charge is -2.22. The number of nitrogens with zero attached hydrogens (tertiary/aromatic N) is 1. The number of amides is 1. The first-order valence-corrected chi connectivity index (χ1v) is 4.96. The fraction of sp³-hybridized carbons (Fsp3) is 0.889. The Kier molecular flexibility index (Phi) is 4.78. The summed E-state index contributed by atoms with van der Waals surface area (Å²) in [5.74, 6) is 0.0769. The van der Waals surface area contributed by atoms with Crippen LogP contribution >= 0.6 is 0 Å². The van der Waals surface area contributed by atoms with Crippen LogP contribution in [0.15, 0.2) is 0 Å². The number of hydrogen-bond donors (Lipinski definition) is 2. The molecule has 0 aromatic carbocycles. The average molecular weight is 184 g/mol. The van der Waals surface area contributed by atoms with Crippen molar-refractivity contribution in [2.75, 3.05) is 26.2 Å². The van der Waals surface area contributed by atoms with Gasteiger partial charge in [-0.25, -0.2) is 5.32 Å². The zero-order valence-electron chi connectivity index (χ0n) is 8.18. The molecule has 1 saturated heterocycles. The summed E-state index contributed by atoms with van der Waals surface area (Å²) in [7, 11) is 0. The predicted octanol–water partition coefficient (Wildman–Crippen LogP) is -0.521. The van der Waals surface area contributed by atoms with Gasteiger partial charge in [-0.2, -0.15) is 0 Å². The lowest BCUT2D eigenvalue weighted by molar-refractivity contribution is -0.120. The fourth-order valence-electron chi connectivity index (χ4n) is 1.45. The Labute approximate surface area is 79.5 Å². The second kappa shape index (κ2) is 5.94. The van der Waals surface area contributed by atoms with Gasteiger partial charge in [-0.05, 0) is 19.8 Å². The third-order valence-corrected chi connectivity index (χ3v) is 2.14. The molecule has 1 radical (unpaired) electrons. The van der Waals surface area contributed by atoms with Gasteiger partial charge in [0, 0.05) is 25.7 Å². The summed E-state index contributed by atoms with van der Waals surface area (Å²) < 4.78 is 0. The summed E-state index contributed by atoms with van der Waals surface area (Å²) in [6, 6.07) is 0.413. The molecule has 1 heterocycles. The van der Waals surface area contributed by atoms with Gasteiger partial charge in [-0.15, -0.1) is 0 Å². The number of rotatable bonds is 4. The van der Waals surface area contributed by atoms with Crippen LogP contribution in [0, 0.1) is 0 Å². The van der Waals surface area contributed by atoms with E-state index in [1.165, 1.54) is 0 Å². The lowest BCUT2D eigenvalue weighted by atomic mass is 10.1. The van der Waals surface area contributed by atoms with E-state index < -0.39 is 0 Å². The third-order valence-electron chi connectivity index (χ3n) is 2.14. The van der Waals surface area contributed by atoms with Crippen molar-refractivity contribution in [3.05, 3.63) is 0 Å². The summed E-state index contributed by atoms with van der Waals surface area (Å²) in [5.41, 5.74) is 0. The molecule has 1 unspecified atom stereocenters. The van der Waals surface area contributed by atoms with E-state index >= 15 is 0 Å². The minimum absolute atomic E-state index is 0.0769. The molecular weight excluding hydrogens is 166 g/mol. The van der Waals surface area contributed by atoms with Crippen LogP contribution in [0.2, 0.25) is 0 Å². The van der Waals surface area contributed by atoms with Crippen molar-refractivity contribution in [2.45, 2.75) is 25.8 Å². The maximum Gasteiger partial charge on any atom is 0.233 e. The molecule has 13 heavy (non-hydrogen) atoms. The van der Waals surface area contributed by atoms with Crippen LogP contribution in [-0.2, 0) is 4.79 Å². The molecule has 1 rings (SSSR count). The van der Waals surface area contributed by atoms with Crippen molar-refractivity contribution in [3.8, 4) is 0 Å². The molecule has 0 aliphatic carbocycles. The van der Waals surface area contributed by atoms with Crippen LogP contribution in [0.1, 0.15) is 19.8 Å². The Morgan fingerprint density at radius 2 is 2.46 bits per heavy atom. The Morgan fingerprint density at radius 1 is 1.62 bits per heavy atom. The predicted molar refractivity (Wildman–Crippen MR) is 51.6 cm³/mol. The molecule has 1 aliphatic heterocycles. The SMILES string of the molecule is CCNC(=O)CNC1CCC[N]C1. The second-order valence-corrected chi connectivity index (χ2v) is 3.30. The largest absolute Gasteiger partial charge is 0.355 e. The van der Waals surface area contributed by atoms with Gasteiger partial charge in [-0.1, -0.05) is 0 Å². The Hall–Kier alpha value is -0.610. The highest BCUT2D eigenvalue weighted by Gasteiger charge is 2.13. The Balaban J connectivity index is 2.06. The van der Waals surface area contributed by atoms with Crippen LogP contribution in [0.3, 0.4) is 0 Å². The fourth-order valence-corrected chi connectivity index (χ4v) is 1.45. The molecule has 0 aromatic heterocycles. The maximum absolute atomic E-state index is 11.1. The normalized spacial score (nSPS) is 22.7. The van der Waals surface area contributed by atoms with Crippen LogP contribution in [0.25, 0.3) is 0 Å². The van der Waals surface area contributed by atoms with Gasteiger partial charge in [0.05, 0.1) is 6.54 Å². The molecule has 1 fully saturated rings. The summed E-state index contributed by atoms with van der Waals surface area (Å²) in [5, 5.41) is 10.2. The first-order valence-electron chi connectivity index (χ1n) is 4.96. The number of nitrogens with one attached hydrogen (secondary N) is 2. The van der Waals surface area contributed by atoms with Gasteiger partial charge < -0.3 is 10.6 Å². The van der Waals surface area contributed by atoms with Crippen LogP contribution in [0.4, 0.5) is 0 Å². The molecule has 1 atom stereocenters. The molecule has 4 heteroatoms. The van der Waals surface area contributed by atoms with E-state index in [0.29, 0.717) is 19.1 Å². The van der Waals surface area contributed by atoms with E-state index in [-0.39, 0.29) is 5.91 Å². The molecule has 0 spiro atoms. The van der Waals surface area contributed by atoms with Crippen LogP contribution in [-0.4, -0.2) is 38.1 Å². The molecule has 0 saturated carbocycles. The highest BCUT2D eigenvalue weighted by atomic mass is 16.1. The van der Waals surface area contributed by atoms with Gasteiger partial charge in [0.1, 0.15) is 0 Å². The molecule has 0 aromatic rings. The minimum Gasteiger partial charge on any atom is -0.355 e. The second-order valence-electron chi connectivity index (χ2n) is 3.30. The zero-order valence-corrected chi connectivity index (χ0v) is 8.18. The minimum atomic E-state index is 0.0769. The van der Waals surface area contributed by atoms with Crippen LogP contribution in [0.5, 0.6) is 0 Å². The van der Waals surface area contributed by atoms with E-state index in [4.69, 9.17) is 0 Å². The quantitative estimate of drug-likeness (QED) is 0.617. The monoisotopic (exact) mass is 184 g/mol. The summed E-state index contributed by atoms with van der Waals surface area (Å²) >= 11 is 0. The number of piperidine rings is 1. The molecule has 4 nitrogen and oxygen atoms in total. The van der Waals surface area contributed by atoms with Gasteiger partial charge in [0.15, 0.2) is 0 Å². The average Bonchev–Trinajstić information content (AvgIpc) is 2.17. The van der Waals surface area contributed by atoms with E-state index in [1.54, 1.807) is 0 Å². The first-order chi connectivity index (χ1) is 6.33. The van der Waals surface area contributed by atoms with Crippen molar-refractivity contribution < 1.29 is 4.79 Å². The molecule has 1 amide bonds. The van der Waals surface area contributed by atoms with E-state index in [2.05, 4.69) is 16.0 Å². The maximum atomic E-state index is 11.1. The summed E-state index contributed by atoms with van der Waals surface area (Å²) in [6.45, 7) is 4.90. The number of likely N-dealkylation sites (N-methyl/N-ethyl adjacent to an activating group) is 1. The van der Waals surface area contributed by atoms with Crippen LogP contribution < -0.4 is 16.0 Å². The summed E-state index contributed by atoms with van der Waals surface area (Å²) in [4.78, 5) is 11.1. The number of hydrogen-bond acceptors (Lipinski definition) is 2. The van der Waals surface area contributed by atoms with Crippen molar-refractivity contribution in [2.24, 2.45) is 0 Å². The molecule has 75 valence electrons. The molecule has 0 bridgehead atoms. The van der Waals surface area contributed by atoms with Crippen molar-refractivity contribution in [1.29, 1.82) is 0 Å². The van der Waals surface area contributed by atoms with Gasteiger partial charge >= 0.3 is 0 Å². The smallest absolute Gasteiger partial charge is 0.233 e. The van der Waals surface area contributed by atoms with Gasteiger partial charge in [0.25, 0.3) is 0 Å². The van der Waals surface area contributed by atoms with E-state index in [9.17, 15) is 4.79 Å². The highest BCUT2D eigenvalue weighted by Crippen LogP contribution is 2.01. The Bertz CT molecular complexity index is 155. The lowest BCUT2D eigenvalue weighted by Crippen LogP contribution is -2.44. The highest BCUT2D eigenvalue weighted by molar-refractivity contribution is 5.77. The van der Waals surface area contributed by atoms with E-state index in [1.807, 2.05) is 6.92 Å². The van der Waals surface area contributed by atoms with Gasteiger partial charge in [0.2, 0.25) is 5.91 Å². The number of carbonyl (C=O) groups excluding carboxylic acids is 1. The van der Waals surface area contributed by atoms with Gasteiger partial charge in [-0.3, -0.25) is 4.79 Å².